The van der Waals surface area contributed by atoms with Crippen LogP contribution in [-0.4, -0.2) is 38.4 Å². The zero-order valence-electron chi connectivity index (χ0n) is 22.7. The van der Waals surface area contributed by atoms with Gasteiger partial charge in [-0.15, -0.1) is 0 Å². The van der Waals surface area contributed by atoms with Gasteiger partial charge in [-0.1, -0.05) is 66.0 Å². The first-order valence-electron chi connectivity index (χ1n) is 13.1. The number of oxime groups is 1. The Labute approximate surface area is 234 Å². The van der Waals surface area contributed by atoms with Crippen molar-refractivity contribution in [3.8, 4) is 0 Å². The molecule has 3 atom stereocenters. The Hall–Kier alpha value is -2.23. The standard InChI is InChI=1S/C29H37BrN2O5S/c1-18(2)21-15-22-23(16-24(21)30)28(4)11-6-12-29(5,27(33)34)26(28)17-25(22)32-37-14-13-31-38(35,36)20-9-7-19(3)8-10-20/h7-10,15-16,18,26,31H,6,11-14,17H2,1-5H3,(H,33,34)/b32-25+/t26-,28-,29-/m1/s1. The molecule has 0 saturated heterocycles. The van der Waals surface area contributed by atoms with E-state index in [0.29, 0.717) is 18.6 Å². The average molecular weight is 606 g/mol. The van der Waals surface area contributed by atoms with Crippen LogP contribution in [0.2, 0.25) is 0 Å². The van der Waals surface area contributed by atoms with Crippen molar-refractivity contribution >= 4 is 37.6 Å². The van der Waals surface area contributed by atoms with Crippen molar-refractivity contribution in [3.63, 3.8) is 0 Å². The van der Waals surface area contributed by atoms with E-state index in [9.17, 15) is 18.3 Å². The van der Waals surface area contributed by atoms with Crippen LogP contribution in [-0.2, 0) is 25.1 Å². The molecule has 2 aromatic carbocycles. The molecule has 4 rings (SSSR count). The predicted molar refractivity (Wildman–Crippen MR) is 152 cm³/mol. The monoisotopic (exact) mass is 604 g/mol. The van der Waals surface area contributed by atoms with Gasteiger partial charge in [0.2, 0.25) is 10.0 Å². The smallest absolute Gasteiger partial charge is 0.309 e. The lowest BCUT2D eigenvalue weighted by Gasteiger charge is -2.53. The van der Waals surface area contributed by atoms with Gasteiger partial charge in [0.05, 0.1) is 16.0 Å². The van der Waals surface area contributed by atoms with Crippen LogP contribution < -0.4 is 4.72 Å². The van der Waals surface area contributed by atoms with E-state index in [1.807, 2.05) is 13.8 Å². The summed E-state index contributed by atoms with van der Waals surface area (Å²) in [4.78, 5) is 18.3. The molecule has 0 heterocycles. The molecule has 1 fully saturated rings. The lowest BCUT2D eigenvalue weighted by Crippen LogP contribution is -2.53. The Kier molecular flexibility index (Phi) is 8.13. The van der Waals surface area contributed by atoms with Crippen molar-refractivity contribution in [3.05, 3.63) is 63.1 Å². The Bertz CT molecular complexity index is 1360. The third kappa shape index (κ3) is 5.29. The summed E-state index contributed by atoms with van der Waals surface area (Å²) in [6.45, 7) is 10.3. The third-order valence-corrected chi connectivity index (χ3v) is 10.7. The lowest BCUT2D eigenvalue weighted by atomic mass is 9.49. The first kappa shape index (κ1) is 28.8. The largest absolute Gasteiger partial charge is 0.481 e. The Morgan fingerprint density at radius 3 is 2.53 bits per heavy atom. The van der Waals surface area contributed by atoms with Gasteiger partial charge in [-0.2, -0.15) is 0 Å². The molecule has 1 saturated carbocycles. The highest BCUT2D eigenvalue weighted by Gasteiger charge is 2.56. The minimum Gasteiger partial charge on any atom is -0.481 e. The molecule has 2 N–H and O–H groups in total. The molecule has 0 amide bonds. The van der Waals surface area contributed by atoms with Crippen LogP contribution in [0.25, 0.3) is 0 Å². The van der Waals surface area contributed by atoms with Crippen molar-refractivity contribution in [1.82, 2.24) is 4.72 Å². The molecule has 0 radical (unpaired) electrons. The summed E-state index contributed by atoms with van der Waals surface area (Å²) >= 11 is 3.76. The van der Waals surface area contributed by atoms with E-state index in [4.69, 9.17) is 4.84 Å². The number of aryl methyl sites for hydroxylation is 1. The maximum atomic E-state index is 12.6. The number of aliphatic carboxylic acids is 1. The van der Waals surface area contributed by atoms with Crippen LogP contribution in [0.1, 0.15) is 81.5 Å². The van der Waals surface area contributed by atoms with Crippen LogP contribution in [0.4, 0.5) is 0 Å². The summed E-state index contributed by atoms with van der Waals surface area (Å²) in [5.74, 6) is -0.636. The molecule has 0 spiro atoms. The van der Waals surface area contributed by atoms with E-state index in [0.717, 1.165) is 39.6 Å². The van der Waals surface area contributed by atoms with Gasteiger partial charge in [0.1, 0.15) is 6.61 Å². The first-order valence-corrected chi connectivity index (χ1v) is 15.4. The van der Waals surface area contributed by atoms with Crippen LogP contribution in [0.15, 0.2) is 50.9 Å². The number of halogens is 1. The maximum Gasteiger partial charge on any atom is 0.309 e. The van der Waals surface area contributed by atoms with Crippen LogP contribution in [0.5, 0.6) is 0 Å². The number of benzene rings is 2. The summed E-state index contributed by atoms with van der Waals surface area (Å²) in [6, 6.07) is 11.0. The molecule has 2 aliphatic rings. The SMILES string of the molecule is Cc1ccc(S(=O)(=O)NCCO/N=C2\C[C@H]3[C@](C)(C(=O)O)CCC[C@]3(C)c3cc(Br)c(C(C)C)cc32)cc1. The third-order valence-electron chi connectivity index (χ3n) is 8.49. The molecule has 38 heavy (non-hydrogen) atoms. The van der Waals surface area contributed by atoms with Gasteiger partial charge in [-0.25, -0.2) is 13.1 Å². The van der Waals surface area contributed by atoms with Crippen LogP contribution >= 0.6 is 15.9 Å². The van der Waals surface area contributed by atoms with Gasteiger partial charge in [-0.05, 0) is 85.8 Å². The van der Waals surface area contributed by atoms with E-state index in [2.05, 4.69) is 58.7 Å². The van der Waals surface area contributed by atoms with Gasteiger partial charge in [0.25, 0.3) is 0 Å². The number of nitrogens with one attached hydrogen (secondary N) is 1. The van der Waals surface area contributed by atoms with Crippen molar-refractivity contribution in [2.75, 3.05) is 13.2 Å². The zero-order chi connectivity index (χ0) is 27.9. The number of hydrogen-bond donors (Lipinski definition) is 2. The van der Waals surface area contributed by atoms with E-state index in [-0.39, 0.29) is 35.3 Å². The number of nitrogens with zero attached hydrogens (tertiary/aromatic N) is 1. The van der Waals surface area contributed by atoms with Crippen molar-refractivity contribution in [2.24, 2.45) is 16.5 Å². The summed E-state index contributed by atoms with van der Waals surface area (Å²) < 4.78 is 28.7. The minimum atomic E-state index is -3.65. The van der Waals surface area contributed by atoms with E-state index in [1.165, 1.54) is 0 Å². The minimum absolute atomic E-state index is 0.0512. The topological polar surface area (TPSA) is 105 Å². The Morgan fingerprint density at radius 2 is 1.89 bits per heavy atom. The number of rotatable bonds is 8. The van der Waals surface area contributed by atoms with Crippen molar-refractivity contribution in [2.45, 2.75) is 76.5 Å². The predicted octanol–water partition coefficient (Wildman–Crippen LogP) is 6.13. The van der Waals surface area contributed by atoms with Gasteiger partial charge >= 0.3 is 5.97 Å². The van der Waals surface area contributed by atoms with Gasteiger partial charge in [-0.3, -0.25) is 4.79 Å². The number of hydrogen-bond acceptors (Lipinski definition) is 5. The van der Waals surface area contributed by atoms with Crippen molar-refractivity contribution < 1.29 is 23.2 Å². The number of carboxylic acids is 1. The van der Waals surface area contributed by atoms with Crippen molar-refractivity contribution in [1.29, 1.82) is 0 Å². The molecular formula is C29H37BrN2O5S. The zero-order valence-corrected chi connectivity index (χ0v) is 25.1. The molecule has 0 bridgehead atoms. The van der Waals surface area contributed by atoms with Gasteiger partial charge < -0.3 is 9.94 Å². The highest BCUT2D eigenvalue weighted by atomic mass is 79.9. The maximum absolute atomic E-state index is 12.6. The highest BCUT2D eigenvalue weighted by molar-refractivity contribution is 9.10. The second-order valence-corrected chi connectivity index (χ2v) is 14.0. The lowest BCUT2D eigenvalue weighted by molar-refractivity contribution is -0.156. The summed E-state index contributed by atoms with van der Waals surface area (Å²) in [6.07, 6.45) is 2.87. The van der Waals surface area contributed by atoms with E-state index in [1.54, 1.807) is 24.3 Å². The summed E-state index contributed by atoms with van der Waals surface area (Å²) in [7, 11) is -3.65. The fourth-order valence-electron chi connectivity index (χ4n) is 6.18. The molecular weight excluding hydrogens is 568 g/mol. The van der Waals surface area contributed by atoms with Crippen LogP contribution in [0.3, 0.4) is 0 Å². The molecule has 0 unspecified atom stereocenters. The van der Waals surface area contributed by atoms with E-state index >= 15 is 0 Å². The fourth-order valence-corrected chi connectivity index (χ4v) is 8.00. The molecule has 9 heteroatoms. The number of carboxylic acid groups (broad SMARTS) is 1. The van der Waals surface area contributed by atoms with E-state index < -0.39 is 21.4 Å². The van der Waals surface area contributed by atoms with Gasteiger partial charge in [0.15, 0.2) is 0 Å². The quantitative estimate of drug-likeness (QED) is 0.278. The molecule has 2 aromatic rings. The summed E-state index contributed by atoms with van der Waals surface area (Å²) in [5, 5.41) is 14.7. The number of carbonyl (C=O) groups is 1. The highest BCUT2D eigenvalue weighted by Crippen LogP contribution is 2.58. The number of fused-ring (bicyclic) bond motifs is 3. The molecule has 206 valence electrons. The first-order chi connectivity index (χ1) is 17.8. The number of sulfonamides is 1. The Balaban J connectivity index is 1.61. The normalized spacial score (nSPS) is 26.2. The molecule has 0 aliphatic heterocycles. The molecule has 7 nitrogen and oxygen atoms in total. The summed E-state index contributed by atoms with van der Waals surface area (Å²) in [5.41, 5.74) is 3.76. The Morgan fingerprint density at radius 1 is 1.21 bits per heavy atom. The second-order valence-electron chi connectivity index (χ2n) is 11.4. The van der Waals surface area contributed by atoms with Gasteiger partial charge in [0, 0.05) is 16.6 Å². The molecule has 0 aromatic heterocycles. The fraction of sp³-hybridized carbons (Fsp3) is 0.517. The van der Waals surface area contributed by atoms with Crippen LogP contribution in [0, 0.1) is 18.3 Å². The average Bonchev–Trinajstić information content (AvgIpc) is 2.84. The second kappa shape index (κ2) is 10.7. The molecule has 2 aliphatic carbocycles.